The van der Waals surface area contributed by atoms with Gasteiger partial charge in [-0.3, -0.25) is 0 Å². The SMILES string of the molecule is Cc1ccnc(N2CCC[C@@H](NC(=O)OC(C)(C)C)C2)n1. The Morgan fingerprint density at radius 3 is 2.90 bits per heavy atom. The van der Waals surface area contributed by atoms with Gasteiger partial charge in [0.15, 0.2) is 0 Å². The summed E-state index contributed by atoms with van der Waals surface area (Å²) in [5, 5.41) is 2.93. The topological polar surface area (TPSA) is 67.4 Å². The summed E-state index contributed by atoms with van der Waals surface area (Å²) < 4.78 is 5.30. The van der Waals surface area contributed by atoms with Crippen molar-refractivity contribution in [2.45, 2.75) is 52.2 Å². The van der Waals surface area contributed by atoms with Gasteiger partial charge in [-0.1, -0.05) is 0 Å². The molecular weight excluding hydrogens is 268 g/mol. The van der Waals surface area contributed by atoms with Gasteiger partial charge in [-0.2, -0.15) is 0 Å². The number of hydrogen-bond donors (Lipinski definition) is 1. The van der Waals surface area contributed by atoms with Crippen LogP contribution in [0.5, 0.6) is 0 Å². The number of anilines is 1. The third-order valence-electron chi connectivity index (χ3n) is 3.21. The second kappa shape index (κ2) is 6.28. The predicted octanol–water partition coefficient (Wildman–Crippen LogP) is 2.28. The molecule has 1 saturated heterocycles. The van der Waals surface area contributed by atoms with Crippen molar-refractivity contribution in [3.63, 3.8) is 0 Å². The van der Waals surface area contributed by atoms with E-state index in [1.54, 1.807) is 6.20 Å². The van der Waals surface area contributed by atoms with Crippen LogP contribution in [0.25, 0.3) is 0 Å². The maximum absolute atomic E-state index is 11.8. The predicted molar refractivity (Wildman–Crippen MR) is 81.4 cm³/mol. The first kappa shape index (κ1) is 15.5. The number of ether oxygens (including phenoxy) is 1. The number of rotatable bonds is 2. The highest BCUT2D eigenvalue weighted by molar-refractivity contribution is 5.68. The minimum Gasteiger partial charge on any atom is -0.444 e. The third-order valence-corrected chi connectivity index (χ3v) is 3.21. The molecule has 6 heteroatoms. The van der Waals surface area contributed by atoms with Crippen molar-refractivity contribution in [1.82, 2.24) is 15.3 Å². The molecule has 0 bridgehead atoms. The molecule has 1 aliphatic rings. The van der Waals surface area contributed by atoms with E-state index in [0.29, 0.717) is 6.54 Å². The number of carbonyl (C=O) groups excluding carboxylic acids is 1. The molecule has 0 aliphatic carbocycles. The fourth-order valence-electron chi connectivity index (χ4n) is 2.34. The molecular formula is C15H24N4O2. The molecule has 1 fully saturated rings. The van der Waals surface area contributed by atoms with Gasteiger partial charge in [0.05, 0.1) is 0 Å². The first-order chi connectivity index (χ1) is 9.83. The standard InChI is InChI=1S/C15H24N4O2/c1-11-7-8-16-13(17-11)19-9-5-6-12(10-19)18-14(20)21-15(2,3)4/h7-8,12H,5-6,9-10H2,1-4H3,(H,18,20)/t12-/m1/s1. The van der Waals surface area contributed by atoms with Crippen LogP contribution in [-0.4, -0.2) is 40.8 Å². The van der Waals surface area contributed by atoms with Crippen molar-refractivity contribution < 1.29 is 9.53 Å². The van der Waals surface area contributed by atoms with E-state index in [0.717, 1.165) is 31.0 Å². The van der Waals surface area contributed by atoms with E-state index in [2.05, 4.69) is 20.2 Å². The van der Waals surface area contributed by atoms with Crippen LogP contribution >= 0.6 is 0 Å². The second-order valence-electron chi connectivity index (χ2n) is 6.43. The Morgan fingerprint density at radius 2 is 2.24 bits per heavy atom. The van der Waals surface area contributed by atoms with Gasteiger partial charge >= 0.3 is 6.09 Å². The van der Waals surface area contributed by atoms with E-state index in [1.807, 2.05) is 33.8 Å². The number of nitrogens with one attached hydrogen (secondary N) is 1. The molecule has 2 heterocycles. The Kier molecular flexibility index (Phi) is 4.65. The first-order valence-corrected chi connectivity index (χ1v) is 7.37. The number of piperidine rings is 1. The monoisotopic (exact) mass is 292 g/mol. The van der Waals surface area contributed by atoms with Gasteiger partial charge in [-0.05, 0) is 46.6 Å². The molecule has 0 aromatic carbocycles. The van der Waals surface area contributed by atoms with Crippen LogP contribution in [0, 0.1) is 6.92 Å². The van der Waals surface area contributed by atoms with Crippen LogP contribution in [0.4, 0.5) is 10.7 Å². The number of carbonyl (C=O) groups is 1. The number of nitrogens with zero attached hydrogens (tertiary/aromatic N) is 3. The average Bonchev–Trinajstić information content (AvgIpc) is 2.36. The maximum Gasteiger partial charge on any atom is 0.407 e. The zero-order valence-corrected chi connectivity index (χ0v) is 13.2. The van der Waals surface area contributed by atoms with Gasteiger partial charge in [0.2, 0.25) is 5.95 Å². The molecule has 0 unspecified atom stereocenters. The quantitative estimate of drug-likeness (QED) is 0.905. The lowest BCUT2D eigenvalue weighted by Gasteiger charge is -2.33. The van der Waals surface area contributed by atoms with Crippen LogP contribution in [0.3, 0.4) is 0 Å². The summed E-state index contributed by atoms with van der Waals surface area (Å²) in [4.78, 5) is 22.7. The highest BCUT2D eigenvalue weighted by atomic mass is 16.6. The minimum atomic E-state index is -0.474. The maximum atomic E-state index is 11.8. The normalized spacial score (nSPS) is 19.2. The van der Waals surface area contributed by atoms with Crippen LogP contribution in [0.1, 0.15) is 39.3 Å². The molecule has 116 valence electrons. The molecule has 0 saturated carbocycles. The average molecular weight is 292 g/mol. The number of aryl methyl sites for hydroxylation is 1. The summed E-state index contributed by atoms with van der Waals surface area (Å²) >= 11 is 0. The van der Waals surface area contributed by atoms with Gasteiger partial charge in [-0.15, -0.1) is 0 Å². The van der Waals surface area contributed by atoms with Gasteiger partial charge in [-0.25, -0.2) is 14.8 Å². The number of amides is 1. The van der Waals surface area contributed by atoms with Gasteiger partial charge < -0.3 is 15.0 Å². The van der Waals surface area contributed by atoms with Crippen molar-refractivity contribution in [1.29, 1.82) is 0 Å². The summed E-state index contributed by atoms with van der Waals surface area (Å²) in [6.45, 7) is 9.16. The van der Waals surface area contributed by atoms with E-state index in [-0.39, 0.29) is 12.1 Å². The van der Waals surface area contributed by atoms with Gasteiger partial charge in [0, 0.05) is 31.0 Å². The fraction of sp³-hybridized carbons (Fsp3) is 0.667. The summed E-state index contributed by atoms with van der Waals surface area (Å²) in [7, 11) is 0. The van der Waals surface area contributed by atoms with Gasteiger partial charge in [0.1, 0.15) is 5.60 Å². The summed E-state index contributed by atoms with van der Waals surface area (Å²) in [5.41, 5.74) is 0.472. The van der Waals surface area contributed by atoms with Crippen molar-refractivity contribution in [2.75, 3.05) is 18.0 Å². The smallest absolute Gasteiger partial charge is 0.407 e. The lowest BCUT2D eigenvalue weighted by molar-refractivity contribution is 0.0500. The van der Waals surface area contributed by atoms with E-state index < -0.39 is 5.60 Å². The Labute approximate surface area is 125 Å². The van der Waals surface area contributed by atoms with Crippen LogP contribution < -0.4 is 10.2 Å². The lowest BCUT2D eigenvalue weighted by Crippen LogP contribution is -2.49. The van der Waals surface area contributed by atoms with Crippen molar-refractivity contribution in [3.05, 3.63) is 18.0 Å². The molecule has 1 aromatic heterocycles. The minimum absolute atomic E-state index is 0.0673. The largest absolute Gasteiger partial charge is 0.444 e. The van der Waals surface area contributed by atoms with Crippen LogP contribution in [0.15, 0.2) is 12.3 Å². The molecule has 0 spiro atoms. The highest BCUT2D eigenvalue weighted by Gasteiger charge is 2.25. The van der Waals surface area contributed by atoms with E-state index in [9.17, 15) is 4.79 Å². The summed E-state index contributed by atoms with van der Waals surface area (Å²) in [6.07, 6.45) is 3.35. The Bertz CT molecular complexity index is 499. The number of alkyl carbamates (subject to hydrolysis) is 1. The molecule has 6 nitrogen and oxygen atoms in total. The first-order valence-electron chi connectivity index (χ1n) is 7.37. The fourth-order valence-corrected chi connectivity index (χ4v) is 2.34. The molecule has 1 atom stereocenters. The second-order valence-corrected chi connectivity index (χ2v) is 6.43. The molecule has 0 radical (unpaired) electrons. The lowest BCUT2D eigenvalue weighted by atomic mass is 10.1. The Morgan fingerprint density at radius 1 is 1.48 bits per heavy atom. The van der Waals surface area contributed by atoms with Gasteiger partial charge in [0.25, 0.3) is 0 Å². The zero-order chi connectivity index (χ0) is 15.5. The summed E-state index contributed by atoms with van der Waals surface area (Å²) in [5.74, 6) is 0.727. The van der Waals surface area contributed by atoms with E-state index in [1.165, 1.54) is 0 Å². The van der Waals surface area contributed by atoms with Crippen molar-refractivity contribution in [2.24, 2.45) is 0 Å². The Hall–Kier alpha value is -1.85. The van der Waals surface area contributed by atoms with Crippen LogP contribution in [0.2, 0.25) is 0 Å². The Balaban J connectivity index is 1.93. The third kappa shape index (κ3) is 4.88. The molecule has 1 N–H and O–H groups in total. The van der Waals surface area contributed by atoms with Crippen LogP contribution in [-0.2, 0) is 4.74 Å². The highest BCUT2D eigenvalue weighted by Crippen LogP contribution is 2.16. The molecule has 1 amide bonds. The van der Waals surface area contributed by atoms with E-state index >= 15 is 0 Å². The molecule has 2 rings (SSSR count). The van der Waals surface area contributed by atoms with E-state index in [4.69, 9.17) is 4.74 Å². The summed E-state index contributed by atoms with van der Waals surface area (Å²) in [6, 6.07) is 1.95. The molecule has 1 aliphatic heterocycles. The molecule has 21 heavy (non-hydrogen) atoms. The van der Waals surface area contributed by atoms with Crippen molar-refractivity contribution >= 4 is 12.0 Å². The molecule has 1 aromatic rings. The number of hydrogen-bond acceptors (Lipinski definition) is 5. The number of aromatic nitrogens is 2. The van der Waals surface area contributed by atoms with Crippen molar-refractivity contribution in [3.8, 4) is 0 Å². The zero-order valence-electron chi connectivity index (χ0n) is 13.2.